The third-order valence-corrected chi connectivity index (χ3v) is 5.29. The van der Waals surface area contributed by atoms with Gasteiger partial charge in [0.1, 0.15) is 12.2 Å². The third kappa shape index (κ3) is 9.38. The average molecular weight is 567 g/mol. The maximum absolute atomic E-state index is 13.0. The van der Waals surface area contributed by atoms with E-state index in [1.165, 1.54) is 0 Å². The van der Waals surface area contributed by atoms with Gasteiger partial charge in [0.2, 0.25) is 5.88 Å². The van der Waals surface area contributed by atoms with Crippen molar-refractivity contribution in [2.24, 2.45) is 0 Å². The second-order valence-corrected chi connectivity index (χ2v) is 8.12. The number of aromatic nitrogens is 2. The molecule has 3 atom stereocenters. The van der Waals surface area contributed by atoms with Gasteiger partial charge in [-0.2, -0.15) is 26.3 Å². The van der Waals surface area contributed by atoms with Crippen molar-refractivity contribution in [2.45, 2.75) is 50.4 Å². The van der Waals surface area contributed by atoms with E-state index in [2.05, 4.69) is 9.97 Å². The van der Waals surface area contributed by atoms with Gasteiger partial charge in [0.05, 0.1) is 18.2 Å². The number of rotatable bonds is 3. The molecular formula is C23H23F6N3O7. The number of halogens is 6. The number of fused-ring (bicyclic) bond motifs is 1. The first-order valence-electron chi connectivity index (χ1n) is 11.1. The van der Waals surface area contributed by atoms with E-state index in [0.717, 1.165) is 18.5 Å². The largest absolute Gasteiger partial charge is 0.490 e. The van der Waals surface area contributed by atoms with Crippen LogP contribution in [0, 0.1) is 6.92 Å². The summed E-state index contributed by atoms with van der Waals surface area (Å²) in [7, 11) is 0. The molecule has 2 fully saturated rings. The van der Waals surface area contributed by atoms with Crippen molar-refractivity contribution < 1.29 is 60.4 Å². The summed E-state index contributed by atoms with van der Waals surface area (Å²) >= 11 is 0. The fourth-order valence-electron chi connectivity index (χ4n) is 3.58. The zero-order valence-corrected chi connectivity index (χ0v) is 20.1. The molecule has 0 aromatic carbocycles. The van der Waals surface area contributed by atoms with Gasteiger partial charge in [-0.3, -0.25) is 9.78 Å². The molecule has 0 aliphatic carbocycles. The van der Waals surface area contributed by atoms with E-state index in [1.807, 2.05) is 42.2 Å². The van der Waals surface area contributed by atoms with Crippen LogP contribution in [0.3, 0.4) is 0 Å². The van der Waals surface area contributed by atoms with Gasteiger partial charge < -0.3 is 24.6 Å². The Labute approximate surface area is 217 Å². The SMILES string of the molecule is Cc1ccc(C(=O)N2C[C@@H](Oc3ccccn3)[C@H]3OCCC[C@H]32)cn1.O=C(O)C(F)(F)F.O=C(O)C(F)(F)F. The molecule has 4 heterocycles. The molecule has 2 aromatic heterocycles. The van der Waals surface area contributed by atoms with Crippen LogP contribution in [-0.4, -0.2) is 86.7 Å². The minimum absolute atomic E-state index is 0.0138. The van der Waals surface area contributed by atoms with Crippen molar-refractivity contribution in [3.8, 4) is 5.88 Å². The number of carbonyl (C=O) groups is 3. The zero-order chi connectivity index (χ0) is 29.4. The Kier molecular flexibility index (Phi) is 10.6. The Morgan fingerprint density at radius 2 is 1.62 bits per heavy atom. The summed E-state index contributed by atoms with van der Waals surface area (Å²) in [5.41, 5.74) is 1.50. The molecule has 214 valence electrons. The predicted octanol–water partition coefficient (Wildman–Crippen LogP) is 3.50. The summed E-state index contributed by atoms with van der Waals surface area (Å²) in [6, 6.07) is 9.29. The molecule has 0 unspecified atom stereocenters. The maximum atomic E-state index is 13.0. The molecule has 2 saturated heterocycles. The van der Waals surface area contributed by atoms with Gasteiger partial charge in [0, 0.05) is 30.8 Å². The monoisotopic (exact) mass is 567 g/mol. The van der Waals surface area contributed by atoms with Crippen LogP contribution in [0.15, 0.2) is 42.7 Å². The molecule has 4 rings (SSSR count). The lowest BCUT2D eigenvalue weighted by molar-refractivity contribution is -0.193. The fourth-order valence-corrected chi connectivity index (χ4v) is 3.58. The minimum Gasteiger partial charge on any atom is -0.475 e. The quantitative estimate of drug-likeness (QED) is 0.534. The molecule has 2 aromatic rings. The van der Waals surface area contributed by atoms with Gasteiger partial charge in [-0.25, -0.2) is 14.6 Å². The number of carbonyl (C=O) groups excluding carboxylic acids is 1. The fraction of sp³-hybridized carbons (Fsp3) is 0.435. The molecule has 2 aliphatic rings. The van der Waals surface area contributed by atoms with Gasteiger partial charge in [0.15, 0.2) is 0 Å². The minimum atomic E-state index is -5.08. The number of ether oxygens (including phenoxy) is 2. The first-order chi connectivity index (χ1) is 18.1. The van der Waals surface area contributed by atoms with Gasteiger partial charge in [0.25, 0.3) is 5.91 Å². The van der Waals surface area contributed by atoms with Crippen molar-refractivity contribution >= 4 is 17.8 Å². The molecule has 1 amide bonds. The standard InChI is InChI=1S/C19H21N3O3.2C2HF3O2/c1-13-7-8-14(11-21-13)19(23)22-12-16(18-15(22)5-4-10-24-18)25-17-6-2-3-9-20-17;2*3-2(4,5)1(6)7/h2-3,6-9,11,15-16,18H,4-5,10,12H2,1H3;2*(H,6,7)/t15-,16-,18+;;/m1../s1. The number of carboxylic acids is 2. The molecule has 2 aliphatic heterocycles. The van der Waals surface area contributed by atoms with Crippen LogP contribution in [-0.2, 0) is 14.3 Å². The summed E-state index contributed by atoms with van der Waals surface area (Å²) < 4.78 is 75.5. The van der Waals surface area contributed by atoms with E-state index in [4.69, 9.17) is 29.3 Å². The third-order valence-electron chi connectivity index (χ3n) is 5.29. The Morgan fingerprint density at radius 1 is 1.00 bits per heavy atom. The van der Waals surface area contributed by atoms with Crippen molar-refractivity contribution in [1.29, 1.82) is 0 Å². The normalized spacial score (nSPS) is 20.4. The molecule has 10 nitrogen and oxygen atoms in total. The molecule has 16 heteroatoms. The number of aryl methyl sites for hydroxylation is 1. The van der Waals surface area contributed by atoms with Crippen LogP contribution in [0.5, 0.6) is 5.88 Å². The molecule has 0 bridgehead atoms. The van der Waals surface area contributed by atoms with E-state index in [0.29, 0.717) is 24.6 Å². The number of carboxylic acid groups (broad SMARTS) is 2. The number of hydrogen-bond donors (Lipinski definition) is 2. The molecular weight excluding hydrogens is 544 g/mol. The highest BCUT2D eigenvalue weighted by atomic mass is 19.4. The lowest BCUT2D eigenvalue weighted by Gasteiger charge is -2.32. The van der Waals surface area contributed by atoms with Crippen molar-refractivity contribution in [1.82, 2.24) is 14.9 Å². The smallest absolute Gasteiger partial charge is 0.475 e. The van der Waals surface area contributed by atoms with Crippen molar-refractivity contribution in [2.75, 3.05) is 13.2 Å². The van der Waals surface area contributed by atoms with Gasteiger partial charge in [-0.15, -0.1) is 0 Å². The van der Waals surface area contributed by atoms with Crippen LogP contribution in [0.25, 0.3) is 0 Å². The Hall–Kier alpha value is -3.95. The second-order valence-electron chi connectivity index (χ2n) is 8.12. The Morgan fingerprint density at radius 3 is 2.10 bits per heavy atom. The van der Waals surface area contributed by atoms with Crippen LogP contribution < -0.4 is 4.74 Å². The lowest BCUT2D eigenvalue weighted by atomic mass is 10.0. The number of hydrogen-bond acceptors (Lipinski definition) is 7. The van der Waals surface area contributed by atoms with Gasteiger partial charge in [-0.05, 0) is 38.0 Å². The lowest BCUT2D eigenvalue weighted by Crippen LogP contribution is -2.44. The topological polar surface area (TPSA) is 139 Å². The van der Waals surface area contributed by atoms with Crippen LogP contribution in [0.2, 0.25) is 0 Å². The van der Waals surface area contributed by atoms with Crippen LogP contribution in [0.4, 0.5) is 26.3 Å². The highest BCUT2D eigenvalue weighted by molar-refractivity contribution is 5.94. The number of alkyl halides is 6. The zero-order valence-electron chi connectivity index (χ0n) is 20.1. The Bertz CT molecular complexity index is 1090. The molecule has 0 saturated carbocycles. The summed E-state index contributed by atoms with van der Waals surface area (Å²) in [5.74, 6) is -4.97. The van der Waals surface area contributed by atoms with Crippen LogP contribution >= 0.6 is 0 Å². The molecule has 0 spiro atoms. The van der Waals surface area contributed by atoms with E-state index in [1.54, 1.807) is 12.4 Å². The van der Waals surface area contributed by atoms with Crippen LogP contribution in [0.1, 0.15) is 28.9 Å². The van der Waals surface area contributed by atoms with Crippen molar-refractivity contribution in [3.63, 3.8) is 0 Å². The summed E-state index contributed by atoms with van der Waals surface area (Å²) in [4.78, 5) is 41.1. The number of likely N-dealkylation sites (tertiary alicyclic amines) is 1. The van der Waals surface area contributed by atoms with E-state index >= 15 is 0 Å². The number of nitrogens with zero attached hydrogens (tertiary/aromatic N) is 3. The number of amides is 1. The van der Waals surface area contributed by atoms with Gasteiger partial charge in [-0.1, -0.05) is 6.07 Å². The highest BCUT2D eigenvalue weighted by Crippen LogP contribution is 2.32. The van der Waals surface area contributed by atoms with E-state index in [9.17, 15) is 31.1 Å². The van der Waals surface area contributed by atoms with E-state index in [-0.39, 0.29) is 24.2 Å². The van der Waals surface area contributed by atoms with Gasteiger partial charge >= 0.3 is 24.3 Å². The average Bonchev–Trinajstić information content (AvgIpc) is 3.23. The highest BCUT2D eigenvalue weighted by Gasteiger charge is 2.47. The maximum Gasteiger partial charge on any atom is 0.490 e. The van der Waals surface area contributed by atoms with E-state index < -0.39 is 24.3 Å². The Balaban J connectivity index is 0.000000317. The first kappa shape index (κ1) is 31.3. The van der Waals surface area contributed by atoms with Crippen molar-refractivity contribution in [3.05, 3.63) is 54.0 Å². The summed E-state index contributed by atoms with van der Waals surface area (Å²) in [5, 5.41) is 14.2. The summed E-state index contributed by atoms with van der Waals surface area (Å²) in [6.45, 7) is 3.11. The summed E-state index contributed by atoms with van der Waals surface area (Å²) in [6.07, 6.45) is -5.26. The first-order valence-corrected chi connectivity index (χ1v) is 11.1. The predicted molar refractivity (Wildman–Crippen MR) is 119 cm³/mol. The molecule has 0 radical (unpaired) electrons. The molecule has 39 heavy (non-hydrogen) atoms. The number of aliphatic carboxylic acids is 2. The molecule has 2 N–H and O–H groups in total. The second kappa shape index (κ2) is 13.2. The number of pyridine rings is 2.